The maximum atomic E-state index is 4.30. The summed E-state index contributed by atoms with van der Waals surface area (Å²) in [5, 5.41) is 0. The second-order valence-electron chi connectivity index (χ2n) is 6.82. The van der Waals surface area contributed by atoms with E-state index in [0.717, 1.165) is 5.57 Å². The van der Waals surface area contributed by atoms with Gasteiger partial charge in [-0.1, -0.05) is 97.6 Å². The standard InChI is InChI=1S/C27H22/c1-20(2)27-25(22-14-8-4-9-15-22)18-24(21-12-6-3-7-13-21)19-26(27)23-16-10-5-11-17-23/h3-19H,1H2,2H3. The molecule has 27 heavy (non-hydrogen) atoms. The molecule has 0 nitrogen and oxygen atoms in total. The van der Waals surface area contributed by atoms with Gasteiger partial charge in [-0.3, -0.25) is 0 Å². The Morgan fingerprint density at radius 1 is 0.519 bits per heavy atom. The van der Waals surface area contributed by atoms with Crippen LogP contribution in [-0.4, -0.2) is 0 Å². The molecule has 0 radical (unpaired) electrons. The first-order valence-electron chi connectivity index (χ1n) is 9.24. The highest BCUT2D eigenvalue weighted by Crippen LogP contribution is 2.40. The normalized spacial score (nSPS) is 10.6. The predicted molar refractivity (Wildman–Crippen MR) is 117 cm³/mol. The number of rotatable bonds is 4. The molecule has 0 atom stereocenters. The molecule has 0 aliphatic heterocycles. The van der Waals surface area contributed by atoms with Crippen molar-refractivity contribution in [3.8, 4) is 33.4 Å². The Labute approximate surface area is 161 Å². The lowest BCUT2D eigenvalue weighted by Crippen LogP contribution is -1.94. The lowest BCUT2D eigenvalue weighted by Gasteiger charge is -2.18. The van der Waals surface area contributed by atoms with E-state index in [4.69, 9.17) is 0 Å². The maximum absolute atomic E-state index is 4.30. The molecule has 0 saturated heterocycles. The second kappa shape index (κ2) is 7.47. The Balaban J connectivity index is 2.06. The fraction of sp³-hybridized carbons (Fsp3) is 0.0370. The van der Waals surface area contributed by atoms with Crippen LogP contribution >= 0.6 is 0 Å². The molecule has 0 heteroatoms. The van der Waals surface area contributed by atoms with Crippen LogP contribution in [0, 0.1) is 0 Å². The summed E-state index contributed by atoms with van der Waals surface area (Å²) in [6.45, 7) is 6.39. The summed E-state index contributed by atoms with van der Waals surface area (Å²) in [5.74, 6) is 0. The SMILES string of the molecule is C=C(C)c1c(-c2ccccc2)cc(-c2ccccc2)cc1-c1ccccc1. The average molecular weight is 346 g/mol. The van der Waals surface area contributed by atoms with Crippen LogP contribution in [0.5, 0.6) is 0 Å². The minimum absolute atomic E-state index is 1.08. The molecular weight excluding hydrogens is 324 g/mol. The summed E-state index contributed by atoms with van der Waals surface area (Å²) >= 11 is 0. The first-order valence-corrected chi connectivity index (χ1v) is 9.24. The van der Waals surface area contributed by atoms with Crippen LogP contribution in [0.15, 0.2) is 110 Å². The second-order valence-corrected chi connectivity index (χ2v) is 6.82. The smallest absolute Gasteiger partial charge is 0.00756 e. The van der Waals surface area contributed by atoms with E-state index in [0.29, 0.717) is 0 Å². The van der Waals surface area contributed by atoms with E-state index in [1.165, 1.54) is 38.9 Å². The van der Waals surface area contributed by atoms with Gasteiger partial charge in [-0.05, 0) is 63.6 Å². The van der Waals surface area contributed by atoms with Crippen LogP contribution in [0.3, 0.4) is 0 Å². The van der Waals surface area contributed by atoms with Gasteiger partial charge >= 0.3 is 0 Å². The molecule has 4 aromatic rings. The summed E-state index contributed by atoms with van der Waals surface area (Å²) in [5.41, 5.74) is 9.61. The molecule has 130 valence electrons. The van der Waals surface area contributed by atoms with Crippen molar-refractivity contribution in [3.05, 3.63) is 115 Å². The van der Waals surface area contributed by atoms with Crippen LogP contribution in [-0.2, 0) is 0 Å². The van der Waals surface area contributed by atoms with Crippen molar-refractivity contribution >= 4 is 5.57 Å². The molecule has 0 unspecified atom stereocenters. The summed E-state index contributed by atoms with van der Waals surface area (Å²) in [6, 6.07) is 36.3. The molecule has 0 amide bonds. The molecular formula is C27H22. The molecule has 0 fully saturated rings. The summed E-state index contributed by atoms with van der Waals surface area (Å²) in [4.78, 5) is 0. The minimum atomic E-state index is 1.08. The average Bonchev–Trinajstić information content (AvgIpc) is 2.74. The zero-order chi connectivity index (χ0) is 18.6. The van der Waals surface area contributed by atoms with Gasteiger partial charge in [-0.25, -0.2) is 0 Å². The van der Waals surface area contributed by atoms with Crippen LogP contribution in [0.2, 0.25) is 0 Å². The van der Waals surface area contributed by atoms with Crippen molar-refractivity contribution < 1.29 is 0 Å². The molecule has 0 heterocycles. The highest BCUT2D eigenvalue weighted by Gasteiger charge is 2.15. The molecule has 4 rings (SSSR count). The summed E-state index contributed by atoms with van der Waals surface area (Å²) in [7, 11) is 0. The van der Waals surface area contributed by atoms with E-state index in [1.807, 2.05) is 0 Å². The van der Waals surface area contributed by atoms with Gasteiger partial charge in [0.15, 0.2) is 0 Å². The van der Waals surface area contributed by atoms with Gasteiger partial charge in [0, 0.05) is 0 Å². The molecule has 0 aliphatic carbocycles. The van der Waals surface area contributed by atoms with Crippen LogP contribution in [0.25, 0.3) is 39.0 Å². The van der Waals surface area contributed by atoms with E-state index in [9.17, 15) is 0 Å². The Bertz CT molecular complexity index is 998. The maximum Gasteiger partial charge on any atom is -0.00756 e. The number of hydrogen-bond donors (Lipinski definition) is 0. The Morgan fingerprint density at radius 2 is 0.889 bits per heavy atom. The fourth-order valence-corrected chi connectivity index (χ4v) is 3.59. The van der Waals surface area contributed by atoms with Gasteiger partial charge in [-0.15, -0.1) is 0 Å². The molecule has 0 aliphatic rings. The Morgan fingerprint density at radius 3 is 1.26 bits per heavy atom. The van der Waals surface area contributed by atoms with Crippen molar-refractivity contribution in [1.29, 1.82) is 0 Å². The molecule has 4 aromatic carbocycles. The van der Waals surface area contributed by atoms with Gasteiger partial charge in [0.25, 0.3) is 0 Å². The van der Waals surface area contributed by atoms with Gasteiger partial charge in [0.1, 0.15) is 0 Å². The van der Waals surface area contributed by atoms with E-state index in [-0.39, 0.29) is 0 Å². The molecule has 0 saturated carbocycles. The highest BCUT2D eigenvalue weighted by molar-refractivity contribution is 5.93. The topological polar surface area (TPSA) is 0 Å². The third kappa shape index (κ3) is 3.47. The van der Waals surface area contributed by atoms with Crippen LogP contribution in [0.1, 0.15) is 12.5 Å². The quantitative estimate of drug-likeness (QED) is 0.355. The Hall–Kier alpha value is -3.38. The molecule has 0 N–H and O–H groups in total. The number of allylic oxidation sites excluding steroid dienone is 1. The first kappa shape index (κ1) is 17.1. The van der Waals surface area contributed by atoms with E-state index in [2.05, 4.69) is 117 Å². The molecule has 0 spiro atoms. The highest BCUT2D eigenvalue weighted by atomic mass is 14.2. The molecule has 0 bridgehead atoms. The fourth-order valence-electron chi connectivity index (χ4n) is 3.59. The number of benzene rings is 4. The van der Waals surface area contributed by atoms with Crippen LogP contribution < -0.4 is 0 Å². The summed E-state index contributed by atoms with van der Waals surface area (Å²) in [6.07, 6.45) is 0. The zero-order valence-corrected chi connectivity index (χ0v) is 15.5. The van der Waals surface area contributed by atoms with Gasteiger partial charge in [0.05, 0.1) is 0 Å². The van der Waals surface area contributed by atoms with Crippen molar-refractivity contribution in [2.45, 2.75) is 6.92 Å². The monoisotopic (exact) mass is 346 g/mol. The van der Waals surface area contributed by atoms with Gasteiger partial charge in [0.2, 0.25) is 0 Å². The largest absolute Gasteiger partial charge is 0.0955 e. The van der Waals surface area contributed by atoms with Crippen molar-refractivity contribution in [1.82, 2.24) is 0 Å². The third-order valence-corrected chi connectivity index (χ3v) is 4.84. The lowest BCUT2D eigenvalue weighted by molar-refractivity contribution is 1.51. The van der Waals surface area contributed by atoms with Gasteiger partial charge in [-0.2, -0.15) is 0 Å². The zero-order valence-electron chi connectivity index (χ0n) is 15.5. The van der Waals surface area contributed by atoms with Crippen molar-refractivity contribution in [2.75, 3.05) is 0 Å². The third-order valence-electron chi connectivity index (χ3n) is 4.84. The Kier molecular flexibility index (Phi) is 4.72. The van der Waals surface area contributed by atoms with Gasteiger partial charge < -0.3 is 0 Å². The van der Waals surface area contributed by atoms with E-state index in [1.54, 1.807) is 0 Å². The first-order chi connectivity index (χ1) is 13.2. The predicted octanol–water partition coefficient (Wildman–Crippen LogP) is 7.72. The molecule has 0 aromatic heterocycles. The lowest BCUT2D eigenvalue weighted by atomic mass is 9.85. The van der Waals surface area contributed by atoms with E-state index < -0.39 is 0 Å². The van der Waals surface area contributed by atoms with Crippen LogP contribution in [0.4, 0.5) is 0 Å². The minimum Gasteiger partial charge on any atom is -0.0955 e. The van der Waals surface area contributed by atoms with Crippen molar-refractivity contribution in [2.24, 2.45) is 0 Å². The van der Waals surface area contributed by atoms with E-state index >= 15 is 0 Å². The number of hydrogen-bond acceptors (Lipinski definition) is 0. The van der Waals surface area contributed by atoms with Crippen molar-refractivity contribution in [3.63, 3.8) is 0 Å². The summed E-state index contributed by atoms with van der Waals surface area (Å²) < 4.78 is 0.